The molecule has 4 heteroatoms. The minimum Gasteiger partial charge on any atom is -0.456 e. The molecule has 2 aromatic heterocycles. The molecule has 10 aromatic rings. The molecule has 10 rings (SSSR count). The number of benzene rings is 8. The van der Waals surface area contributed by atoms with Crippen molar-refractivity contribution in [3.8, 4) is 67.5 Å². The van der Waals surface area contributed by atoms with Crippen LogP contribution in [0.15, 0.2) is 192 Å². The maximum atomic E-state index is 6.60. The van der Waals surface area contributed by atoms with E-state index in [9.17, 15) is 0 Å². The monoisotopic (exact) mass is 677 g/mol. The molecule has 0 bridgehead atoms. The molecule has 0 N–H and O–H groups in total. The van der Waals surface area contributed by atoms with Crippen molar-refractivity contribution in [2.75, 3.05) is 0 Å². The van der Waals surface area contributed by atoms with Gasteiger partial charge in [0.2, 0.25) is 0 Å². The Bertz CT molecular complexity index is 2920. The third-order valence-corrected chi connectivity index (χ3v) is 9.90. The zero-order chi connectivity index (χ0) is 35.1. The van der Waals surface area contributed by atoms with Gasteiger partial charge in [-0.1, -0.05) is 158 Å². The Hall–Kier alpha value is -7.17. The quantitative estimate of drug-likeness (QED) is 0.176. The third-order valence-electron chi connectivity index (χ3n) is 9.90. The van der Waals surface area contributed by atoms with E-state index in [1.807, 2.05) is 42.5 Å². The molecule has 0 amide bonds. The second-order valence-electron chi connectivity index (χ2n) is 13.3. The molecule has 0 fully saturated rings. The lowest BCUT2D eigenvalue weighted by Crippen LogP contribution is -2.00. The number of hydrogen-bond acceptors (Lipinski definition) is 4. The van der Waals surface area contributed by atoms with Crippen molar-refractivity contribution in [2.45, 2.75) is 0 Å². The summed E-state index contributed by atoms with van der Waals surface area (Å²) in [7, 11) is 0. The van der Waals surface area contributed by atoms with Crippen molar-refractivity contribution in [3.05, 3.63) is 188 Å². The Balaban J connectivity index is 1.12. The molecular formula is C49H31N3O. The van der Waals surface area contributed by atoms with Gasteiger partial charge in [0, 0.05) is 27.5 Å². The lowest BCUT2D eigenvalue weighted by atomic mass is 9.93. The van der Waals surface area contributed by atoms with Gasteiger partial charge in [-0.2, -0.15) is 0 Å². The van der Waals surface area contributed by atoms with Gasteiger partial charge in [0.05, 0.1) is 0 Å². The van der Waals surface area contributed by atoms with Gasteiger partial charge in [0.1, 0.15) is 11.2 Å². The van der Waals surface area contributed by atoms with Crippen molar-refractivity contribution in [1.82, 2.24) is 15.0 Å². The van der Waals surface area contributed by atoms with Crippen LogP contribution in [0.25, 0.3) is 100 Å². The average molecular weight is 678 g/mol. The molecule has 53 heavy (non-hydrogen) atoms. The smallest absolute Gasteiger partial charge is 0.164 e. The minimum atomic E-state index is 0.619. The van der Waals surface area contributed by atoms with Crippen LogP contribution < -0.4 is 0 Å². The van der Waals surface area contributed by atoms with E-state index in [1.165, 1.54) is 5.39 Å². The van der Waals surface area contributed by atoms with Crippen molar-refractivity contribution in [3.63, 3.8) is 0 Å². The second-order valence-corrected chi connectivity index (χ2v) is 13.3. The Morgan fingerprint density at radius 2 is 0.792 bits per heavy atom. The molecule has 0 aliphatic carbocycles. The number of aromatic nitrogens is 3. The fourth-order valence-corrected chi connectivity index (χ4v) is 7.23. The first-order chi connectivity index (χ1) is 26.2. The molecule has 8 aromatic carbocycles. The average Bonchev–Trinajstić information content (AvgIpc) is 3.60. The molecule has 0 spiro atoms. The number of hydrogen-bond donors (Lipinski definition) is 0. The van der Waals surface area contributed by atoms with Crippen LogP contribution in [-0.4, -0.2) is 15.0 Å². The summed E-state index contributed by atoms with van der Waals surface area (Å²) in [6.45, 7) is 0. The summed E-state index contributed by atoms with van der Waals surface area (Å²) in [5, 5.41) is 4.55. The Morgan fingerprint density at radius 1 is 0.302 bits per heavy atom. The van der Waals surface area contributed by atoms with E-state index < -0.39 is 0 Å². The Morgan fingerprint density at radius 3 is 1.45 bits per heavy atom. The van der Waals surface area contributed by atoms with E-state index in [0.29, 0.717) is 17.5 Å². The summed E-state index contributed by atoms with van der Waals surface area (Å²) < 4.78 is 6.60. The molecule has 0 unspecified atom stereocenters. The fourth-order valence-electron chi connectivity index (χ4n) is 7.23. The molecule has 2 heterocycles. The molecule has 248 valence electrons. The van der Waals surface area contributed by atoms with Crippen LogP contribution in [0.2, 0.25) is 0 Å². The molecule has 4 nitrogen and oxygen atoms in total. The van der Waals surface area contributed by atoms with Crippen LogP contribution in [0.4, 0.5) is 0 Å². The highest BCUT2D eigenvalue weighted by Gasteiger charge is 2.18. The largest absolute Gasteiger partial charge is 0.456 e. The van der Waals surface area contributed by atoms with Gasteiger partial charge in [0.15, 0.2) is 17.5 Å². The number of fused-ring (bicyclic) bond motifs is 4. The summed E-state index contributed by atoms with van der Waals surface area (Å²) in [6, 6.07) is 65.2. The van der Waals surface area contributed by atoms with Crippen LogP contribution >= 0.6 is 0 Å². The fraction of sp³-hybridized carbons (Fsp3) is 0. The number of furan rings is 1. The van der Waals surface area contributed by atoms with E-state index in [1.54, 1.807) is 0 Å². The van der Waals surface area contributed by atoms with Gasteiger partial charge in [-0.15, -0.1) is 0 Å². The van der Waals surface area contributed by atoms with Crippen molar-refractivity contribution in [1.29, 1.82) is 0 Å². The topological polar surface area (TPSA) is 51.8 Å². The van der Waals surface area contributed by atoms with Crippen LogP contribution in [0.1, 0.15) is 0 Å². The highest BCUT2D eigenvalue weighted by atomic mass is 16.3. The first-order valence-corrected chi connectivity index (χ1v) is 17.8. The van der Waals surface area contributed by atoms with Crippen LogP contribution in [0, 0.1) is 0 Å². The Kier molecular flexibility index (Phi) is 7.43. The lowest BCUT2D eigenvalue weighted by molar-refractivity contribution is 0.669. The standard InChI is InChI=1S/C49H31N3O/c1-4-13-32(14-5-1)37-21-12-22-40(27-37)49-51-47(35-17-8-3-9-18-35)50-48(52-49)36-25-23-34(24-26-36)42-29-41(33-15-6-2-7-16-33)31-45-46(42)43-28-38-19-10-11-20-39(38)30-44(43)53-45/h1-31H. The predicted molar refractivity (Wildman–Crippen MR) is 217 cm³/mol. The normalized spacial score (nSPS) is 11.4. The third kappa shape index (κ3) is 5.73. The Labute approximate surface area is 306 Å². The second kappa shape index (κ2) is 12.9. The zero-order valence-corrected chi connectivity index (χ0v) is 28.6. The van der Waals surface area contributed by atoms with Crippen molar-refractivity contribution < 1.29 is 4.42 Å². The van der Waals surface area contributed by atoms with Crippen molar-refractivity contribution >= 4 is 32.7 Å². The van der Waals surface area contributed by atoms with Gasteiger partial charge in [-0.3, -0.25) is 0 Å². The van der Waals surface area contributed by atoms with E-state index in [0.717, 1.165) is 77.4 Å². The molecule has 0 saturated heterocycles. The summed E-state index contributed by atoms with van der Waals surface area (Å²) in [4.78, 5) is 15.1. The maximum Gasteiger partial charge on any atom is 0.164 e. The van der Waals surface area contributed by atoms with Crippen LogP contribution in [0.3, 0.4) is 0 Å². The van der Waals surface area contributed by atoms with Crippen LogP contribution in [0.5, 0.6) is 0 Å². The highest BCUT2D eigenvalue weighted by molar-refractivity contribution is 6.16. The summed E-state index contributed by atoms with van der Waals surface area (Å²) in [5.41, 5.74) is 11.2. The summed E-state index contributed by atoms with van der Waals surface area (Å²) in [5.74, 6) is 1.88. The van der Waals surface area contributed by atoms with Gasteiger partial charge < -0.3 is 4.42 Å². The summed E-state index contributed by atoms with van der Waals surface area (Å²) >= 11 is 0. The van der Waals surface area contributed by atoms with Gasteiger partial charge >= 0.3 is 0 Å². The maximum absolute atomic E-state index is 6.60. The zero-order valence-electron chi connectivity index (χ0n) is 28.6. The van der Waals surface area contributed by atoms with E-state index in [-0.39, 0.29) is 0 Å². The summed E-state index contributed by atoms with van der Waals surface area (Å²) in [6.07, 6.45) is 0. The molecule has 0 aliphatic heterocycles. The van der Waals surface area contributed by atoms with E-state index >= 15 is 0 Å². The predicted octanol–water partition coefficient (Wildman–Crippen LogP) is 12.9. The molecule has 0 saturated carbocycles. The van der Waals surface area contributed by atoms with Gasteiger partial charge in [-0.05, 0) is 74.5 Å². The molecule has 0 radical (unpaired) electrons. The van der Waals surface area contributed by atoms with Gasteiger partial charge in [0.25, 0.3) is 0 Å². The minimum absolute atomic E-state index is 0.619. The lowest BCUT2D eigenvalue weighted by Gasteiger charge is -2.11. The molecule has 0 aliphatic rings. The highest BCUT2D eigenvalue weighted by Crippen LogP contribution is 2.42. The first kappa shape index (κ1) is 30.6. The first-order valence-electron chi connectivity index (χ1n) is 17.8. The van der Waals surface area contributed by atoms with Crippen LogP contribution in [-0.2, 0) is 0 Å². The molecular weight excluding hydrogens is 647 g/mol. The molecule has 0 atom stereocenters. The van der Waals surface area contributed by atoms with E-state index in [2.05, 4.69) is 146 Å². The van der Waals surface area contributed by atoms with E-state index in [4.69, 9.17) is 19.4 Å². The number of nitrogens with zero attached hydrogens (tertiary/aromatic N) is 3. The SMILES string of the molecule is c1ccc(-c2cccc(-c3nc(-c4ccccc4)nc(-c4ccc(-c5cc(-c6ccccc6)cc6oc7cc8ccccc8cc7c56)cc4)n3)c2)cc1. The van der Waals surface area contributed by atoms with Crippen molar-refractivity contribution in [2.24, 2.45) is 0 Å². The van der Waals surface area contributed by atoms with Gasteiger partial charge in [-0.25, -0.2) is 15.0 Å². The number of rotatable bonds is 6.